The van der Waals surface area contributed by atoms with Crippen molar-refractivity contribution in [1.29, 1.82) is 0 Å². The maximum Gasteiger partial charge on any atom is 0.321 e. The molecule has 1 aromatic rings. The Bertz CT molecular complexity index is 673. The fourth-order valence-corrected chi connectivity index (χ4v) is 3.18. The van der Waals surface area contributed by atoms with Gasteiger partial charge < -0.3 is 5.11 Å². The zero-order valence-corrected chi connectivity index (χ0v) is 12.9. The lowest BCUT2D eigenvalue weighted by atomic mass is 10.2. The van der Waals surface area contributed by atoms with Crippen molar-refractivity contribution in [3.8, 4) is 0 Å². The van der Waals surface area contributed by atoms with Crippen molar-refractivity contribution in [3.05, 3.63) is 32.3 Å². The SMILES string of the molecule is Cc1c(Br)cc(S(=O)(=O)NC(C)C(=O)O)cc1[N+](=O)[O-]. The number of halogens is 1. The van der Waals surface area contributed by atoms with Crippen molar-refractivity contribution in [1.82, 2.24) is 4.72 Å². The highest BCUT2D eigenvalue weighted by atomic mass is 79.9. The summed E-state index contributed by atoms with van der Waals surface area (Å²) < 4.78 is 26.1. The molecule has 0 fully saturated rings. The van der Waals surface area contributed by atoms with Crippen molar-refractivity contribution in [2.24, 2.45) is 0 Å². The third kappa shape index (κ3) is 3.52. The number of carboxylic acid groups (broad SMARTS) is 1. The lowest BCUT2D eigenvalue weighted by Gasteiger charge is -2.11. The Labute approximate surface area is 123 Å². The second-order valence-electron chi connectivity index (χ2n) is 3.99. The molecule has 0 heterocycles. The van der Waals surface area contributed by atoms with Gasteiger partial charge in [0.2, 0.25) is 10.0 Å². The lowest BCUT2D eigenvalue weighted by Crippen LogP contribution is -2.38. The number of rotatable bonds is 5. The topological polar surface area (TPSA) is 127 Å². The van der Waals surface area contributed by atoms with Gasteiger partial charge in [-0.05, 0) is 19.9 Å². The molecule has 1 rings (SSSR count). The first-order valence-electron chi connectivity index (χ1n) is 5.26. The Morgan fingerprint density at radius 3 is 2.50 bits per heavy atom. The summed E-state index contributed by atoms with van der Waals surface area (Å²) in [6.45, 7) is 2.61. The molecule has 20 heavy (non-hydrogen) atoms. The van der Waals surface area contributed by atoms with Gasteiger partial charge in [0.05, 0.1) is 9.82 Å². The van der Waals surface area contributed by atoms with Crippen molar-refractivity contribution in [2.75, 3.05) is 0 Å². The summed E-state index contributed by atoms with van der Waals surface area (Å²) >= 11 is 3.04. The van der Waals surface area contributed by atoms with Crippen LogP contribution in [0.4, 0.5) is 5.69 Å². The van der Waals surface area contributed by atoms with E-state index in [1.54, 1.807) is 0 Å². The molecule has 0 spiro atoms. The predicted molar refractivity (Wildman–Crippen MR) is 73.0 cm³/mol. The average molecular weight is 367 g/mol. The van der Waals surface area contributed by atoms with Gasteiger partial charge in [-0.2, -0.15) is 4.72 Å². The third-order valence-electron chi connectivity index (χ3n) is 2.50. The molecule has 0 aliphatic heterocycles. The maximum atomic E-state index is 12.0. The van der Waals surface area contributed by atoms with Crippen molar-refractivity contribution >= 4 is 37.6 Å². The van der Waals surface area contributed by atoms with Gasteiger partial charge in [-0.1, -0.05) is 15.9 Å². The van der Waals surface area contributed by atoms with Crippen LogP contribution in [0.15, 0.2) is 21.5 Å². The highest BCUT2D eigenvalue weighted by Crippen LogP contribution is 2.29. The minimum Gasteiger partial charge on any atom is -0.480 e. The van der Waals surface area contributed by atoms with Crippen LogP contribution >= 0.6 is 15.9 Å². The number of nitro benzene ring substituents is 1. The quantitative estimate of drug-likeness (QED) is 0.599. The van der Waals surface area contributed by atoms with E-state index >= 15 is 0 Å². The van der Waals surface area contributed by atoms with Crippen LogP contribution < -0.4 is 4.72 Å². The molecule has 8 nitrogen and oxygen atoms in total. The normalized spacial score (nSPS) is 12.9. The van der Waals surface area contributed by atoms with Crippen LogP contribution in [0.3, 0.4) is 0 Å². The molecule has 0 radical (unpaired) electrons. The molecular formula is C10H11BrN2O6S. The molecule has 110 valence electrons. The molecule has 0 bridgehead atoms. The van der Waals surface area contributed by atoms with Gasteiger partial charge in [0.15, 0.2) is 0 Å². The Hall–Kier alpha value is -1.52. The van der Waals surface area contributed by atoms with E-state index in [4.69, 9.17) is 5.11 Å². The molecular weight excluding hydrogens is 356 g/mol. The van der Waals surface area contributed by atoms with Gasteiger partial charge >= 0.3 is 5.97 Å². The number of benzene rings is 1. The fraction of sp³-hybridized carbons (Fsp3) is 0.300. The molecule has 10 heteroatoms. The van der Waals surface area contributed by atoms with Crippen molar-refractivity contribution in [3.63, 3.8) is 0 Å². The summed E-state index contributed by atoms with van der Waals surface area (Å²) in [5.74, 6) is -1.35. The van der Waals surface area contributed by atoms with Gasteiger partial charge in [0, 0.05) is 16.1 Å². The predicted octanol–water partition coefficient (Wildman–Crippen LogP) is 1.42. The van der Waals surface area contributed by atoms with E-state index in [0.29, 0.717) is 0 Å². The summed E-state index contributed by atoms with van der Waals surface area (Å²) in [5, 5.41) is 19.5. The van der Waals surface area contributed by atoms with Crippen molar-refractivity contribution < 1.29 is 23.2 Å². The zero-order chi connectivity index (χ0) is 15.7. The van der Waals surface area contributed by atoms with Crippen LogP contribution in [0.2, 0.25) is 0 Å². The molecule has 2 N–H and O–H groups in total. The van der Waals surface area contributed by atoms with Gasteiger partial charge in [0.25, 0.3) is 5.69 Å². The first-order valence-corrected chi connectivity index (χ1v) is 7.53. The number of sulfonamides is 1. The van der Waals surface area contributed by atoms with Gasteiger partial charge in [-0.25, -0.2) is 8.42 Å². The Morgan fingerprint density at radius 1 is 1.50 bits per heavy atom. The molecule has 1 unspecified atom stereocenters. The van der Waals surface area contributed by atoms with Gasteiger partial charge in [-0.3, -0.25) is 14.9 Å². The summed E-state index contributed by atoms with van der Waals surface area (Å²) in [5.41, 5.74) is -0.0945. The van der Waals surface area contributed by atoms with Crippen LogP contribution in [0.25, 0.3) is 0 Å². The minimum absolute atomic E-state index is 0.245. The van der Waals surface area contributed by atoms with Gasteiger partial charge in [0.1, 0.15) is 6.04 Å². The number of carboxylic acids is 1. The first kappa shape index (κ1) is 16.5. The van der Waals surface area contributed by atoms with Crippen LogP contribution in [-0.2, 0) is 14.8 Å². The van der Waals surface area contributed by atoms with E-state index in [2.05, 4.69) is 15.9 Å². The second-order valence-corrected chi connectivity index (χ2v) is 6.56. The third-order valence-corrected chi connectivity index (χ3v) is 4.84. The number of hydrogen-bond donors (Lipinski definition) is 2. The summed E-state index contributed by atoms with van der Waals surface area (Å²) in [6, 6.07) is 0.718. The zero-order valence-electron chi connectivity index (χ0n) is 10.5. The van der Waals surface area contributed by atoms with Gasteiger partial charge in [-0.15, -0.1) is 0 Å². The highest BCUT2D eigenvalue weighted by Gasteiger charge is 2.25. The number of nitro groups is 1. The average Bonchev–Trinajstić information content (AvgIpc) is 2.31. The summed E-state index contributed by atoms with van der Waals surface area (Å²) in [4.78, 5) is 20.4. The molecule has 0 aromatic heterocycles. The Balaban J connectivity index is 3.33. The Morgan fingerprint density at radius 2 is 2.05 bits per heavy atom. The molecule has 0 amide bonds. The van der Waals surface area contributed by atoms with Crippen LogP contribution in [0.5, 0.6) is 0 Å². The minimum atomic E-state index is -4.17. The monoisotopic (exact) mass is 366 g/mol. The number of carbonyl (C=O) groups is 1. The van der Waals surface area contributed by atoms with Crippen LogP contribution in [-0.4, -0.2) is 30.5 Å². The maximum absolute atomic E-state index is 12.0. The van der Waals surface area contributed by atoms with Crippen molar-refractivity contribution in [2.45, 2.75) is 24.8 Å². The molecule has 1 atom stereocenters. The standard InChI is InChI=1S/C10H11BrN2O6S/c1-5-8(11)3-7(4-9(5)13(16)17)20(18,19)12-6(2)10(14)15/h3-4,6,12H,1-2H3,(H,14,15). The molecule has 1 aromatic carbocycles. The second kappa shape index (κ2) is 5.85. The van der Waals surface area contributed by atoms with Crippen LogP contribution in [0.1, 0.15) is 12.5 Å². The number of aliphatic carboxylic acids is 1. The molecule has 0 aliphatic rings. The highest BCUT2D eigenvalue weighted by molar-refractivity contribution is 9.10. The van der Waals surface area contributed by atoms with E-state index in [0.717, 1.165) is 13.0 Å². The number of hydrogen-bond acceptors (Lipinski definition) is 5. The van der Waals surface area contributed by atoms with E-state index in [9.17, 15) is 23.3 Å². The fourth-order valence-electron chi connectivity index (χ4n) is 1.34. The van der Waals surface area contributed by atoms with E-state index in [1.165, 1.54) is 13.0 Å². The molecule has 0 saturated heterocycles. The number of nitrogens with one attached hydrogen (secondary N) is 1. The first-order chi connectivity index (χ1) is 9.06. The summed E-state index contributed by atoms with van der Waals surface area (Å²) in [6.07, 6.45) is 0. The smallest absolute Gasteiger partial charge is 0.321 e. The molecule has 0 aliphatic carbocycles. The van der Waals surface area contributed by atoms with E-state index in [1.807, 2.05) is 4.72 Å². The number of nitrogens with zero attached hydrogens (tertiary/aromatic N) is 1. The summed E-state index contributed by atoms with van der Waals surface area (Å²) in [7, 11) is -4.17. The van der Waals surface area contributed by atoms with E-state index in [-0.39, 0.29) is 20.6 Å². The largest absolute Gasteiger partial charge is 0.480 e. The molecule has 0 saturated carbocycles. The Kier molecular flexibility index (Phi) is 4.84. The lowest BCUT2D eigenvalue weighted by molar-refractivity contribution is -0.385. The van der Waals surface area contributed by atoms with E-state index < -0.39 is 27.0 Å². The van der Waals surface area contributed by atoms with Crippen LogP contribution in [0, 0.1) is 17.0 Å².